The Kier molecular flexibility index (Phi) is 4.82. The molecule has 20 heavy (non-hydrogen) atoms. The molecule has 0 spiro atoms. The van der Waals surface area contributed by atoms with Crippen molar-refractivity contribution < 1.29 is 13.5 Å². The predicted octanol–water partition coefficient (Wildman–Crippen LogP) is 3.20. The minimum absolute atomic E-state index is 0.471. The van der Waals surface area contributed by atoms with Crippen LogP contribution in [-0.4, -0.2) is 13.7 Å². The molecule has 2 nitrogen and oxygen atoms in total. The Balaban J connectivity index is 2.15. The molecule has 0 aliphatic rings. The van der Waals surface area contributed by atoms with Crippen molar-refractivity contribution in [3.8, 4) is 0 Å². The summed E-state index contributed by atoms with van der Waals surface area (Å²) in [7, 11) is 1.66. The van der Waals surface area contributed by atoms with Crippen molar-refractivity contribution in [2.24, 2.45) is 5.73 Å². The highest BCUT2D eigenvalue weighted by atomic mass is 19.2. The van der Waals surface area contributed by atoms with E-state index in [9.17, 15) is 8.78 Å². The summed E-state index contributed by atoms with van der Waals surface area (Å²) in [6, 6.07) is 11.0. The Hall–Kier alpha value is -1.78. The van der Waals surface area contributed by atoms with Gasteiger partial charge in [0.15, 0.2) is 11.6 Å². The third-order valence-electron chi connectivity index (χ3n) is 3.24. The lowest BCUT2D eigenvalue weighted by Gasteiger charge is -2.13. The molecule has 4 heteroatoms. The molecule has 2 aromatic rings. The van der Waals surface area contributed by atoms with E-state index in [4.69, 9.17) is 10.5 Å². The van der Waals surface area contributed by atoms with E-state index in [-0.39, 0.29) is 0 Å². The number of halogens is 2. The van der Waals surface area contributed by atoms with Gasteiger partial charge < -0.3 is 10.5 Å². The first kappa shape index (κ1) is 14.6. The Labute approximate surface area is 117 Å². The predicted molar refractivity (Wildman–Crippen MR) is 74.4 cm³/mol. The van der Waals surface area contributed by atoms with Crippen LogP contribution in [0.25, 0.3) is 0 Å². The van der Waals surface area contributed by atoms with Gasteiger partial charge in [0.2, 0.25) is 0 Å². The molecule has 1 unspecified atom stereocenters. The number of methoxy groups -OCH3 is 1. The molecule has 0 saturated carbocycles. The Morgan fingerprint density at radius 3 is 2.25 bits per heavy atom. The molecule has 0 heterocycles. The van der Waals surface area contributed by atoms with Gasteiger partial charge in [0, 0.05) is 7.11 Å². The number of hydrogen-bond acceptors (Lipinski definition) is 2. The van der Waals surface area contributed by atoms with Crippen molar-refractivity contribution in [3.63, 3.8) is 0 Å². The summed E-state index contributed by atoms with van der Waals surface area (Å²) < 4.78 is 31.1. The summed E-state index contributed by atoms with van der Waals surface area (Å²) >= 11 is 0. The molecule has 0 aromatic heterocycles. The average Bonchev–Trinajstić information content (AvgIpc) is 2.48. The van der Waals surface area contributed by atoms with Crippen molar-refractivity contribution in [1.82, 2.24) is 0 Å². The zero-order valence-corrected chi connectivity index (χ0v) is 11.3. The summed E-state index contributed by atoms with van der Waals surface area (Å²) in [5, 5.41) is 0. The van der Waals surface area contributed by atoms with Crippen LogP contribution in [0, 0.1) is 11.6 Å². The van der Waals surface area contributed by atoms with Crippen LogP contribution in [0.2, 0.25) is 0 Å². The normalized spacial score (nSPS) is 12.4. The number of ether oxygens (including phenoxy) is 1. The van der Waals surface area contributed by atoms with E-state index in [0.29, 0.717) is 12.2 Å². The third kappa shape index (κ3) is 3.40. The van der Waals surface area contributed by atoms with Crippen LogP contribution in [-0.2, 0) is 11.2 Å². The number of hydrogen-bond donors (Lipinski definition) is 1. The lowest BCUT2D eigenvalue weighted by atomic mass is 9.98. The van der Waals surface area contributed by atoms with Crippen molar-refractivity contribution >= 4 is 0 Å². The van der Waals surface area contributed by atoms with Gasteiger partial charge in [-0.15, -0.1) is 0 Å². The smallest absolute Gasteiger partial charge is 0.159 e. The van der Waals surface area contributed by atoms with E-state index < -0.39 is 17.7 Å². The second-order valence-electron chi connectivity index (χ2n) is 4.64. The molecule has 0 amide bonds. The van der Waals surface area contributed by atoms with E-state index in [2.05, 4.69) is 0 Å². The summed E-state index contributed by atoms with van der Waals surface area (Å²) in [5.74, 6) is -1.74. The average molecular weight is 277 g/mol. The molecule has 2 rings (SSSR count). The van der Waals surface area contributed by atoms with Gasteiger partial charge in [0.1, 0.15) is 0 Å². The van der Waals surface area contributed by atoms with E-state index in [0.717, 1.165) is 29.7 Å². The highest BCUT2D eigenvalue weighted by molar-refractivity contribution is 5.33. The maximum Gasteiger partial charge on any atom is 0.159 e. The lowest BCUT2D eigenvalue weighted by molar-refractivity contribution is 0.202. The van der Waals surface area contributed by atoms with E-state index in [1.54, 1.807) is 7.11 Å². The van der Waals surface area contributed by atoms with Crippen molar-refractivity contribution in [1.29, 1.82) is 0 Å². The molecule has 0 radical (unpaired) electrons. The van der Waals surface area contributed by atoms with Crippen molar-refractivity contribution in [2.45, 2.75) is 12.5 Å². The number of nitrogens with two attached hydrogens (primary N) is 1. The molecule has 0 saturated heterocycles. The molecule has 0 aliphatic carbocycles. The SMILES string of the molecule is COCCc1ccc(C(N)c2ccc(F)c(F)c2)cc1. The number of benzene rings is 2. The fourth-order valence-electron chi connectivity index (χ4n) is 2.01. The molecule has 2 aromatic carbocycles. The van der Waals surface area contributed by atoms with Crippen LogP contribution in [0.3, 0.4) is 0 Å². The summed E-state index contributed by atoms with van der Waals surface area (Å²) in [6.45, 7) is 0.661. The fraction of sp³-hybridized carbons (Fsp3) is 0.250. The molecule has 106 valence electrons. The van der Waals surface area contributed by atoms with Crippen LogP contribution < -0.4 is 5.73 Å². The van der Waals surface area contributed by atoms with Gasteiger partial charge >= 0.3 is 0 Å². The van der Waals surface area contributed by atoms with E-state index in [1.807, 2.05) is 24.3 Å². The Morgan fingerprint density at radius 2 is 1.65 bits per heavy atom. The second-order valence-corrected chi connectivity index (χ2v) is 4.64. The van der Waals surface area contributed by atoms with E-state index in [1.165, 1.54) is 6.07 Å². The van der Waals surface area contributed by atoms with Crippen LogP contribution in [0.5, 0.6) is 0 Å². The molecule has 0 fully saturated rings. The second kappa shape index (κ2) is 6.59. The maximum atomic E-state index is 13.2. The van der Waals surface area contributed by atoms with Gasteiger partial charge in [-0.3, -0.25) is 0 Å². The Bertz CT molecular complexity index is 569. The summed E-state index contributed by atoms with van der Waals surface area (Å²) in [5.41, 5.74) is 8.63. The first-order valence-electron chi connectivity index (χ1n) is 6.40. The monoisotopic (exact) mass is 277 g/mol. The lowest BCUT2D eigenvalue weighted by Crippen LogP contribution is -2.12. The standard InChI is InChI=1S/C16H17F2NO/c1-20-9-8-11-2-4-12(5-3-11)16(19)13-6-7-14(17)15(18)10-13/h2-7,10,16H,8-9,19H2,1H3. The van der Waals surface area contributed by atoms with Gasteiger partial charge in [-0.1, -0.05) is 30.3 Å². The van der Waals surface area contributed by atoms with E-state index >= 15 is 0 Å². The third-order valence-corrected chi connectivity index (χ3v) is 3.24. The largest absolute Gasteiger partial charge is 0.384 e. The molecular weight excluding hydrogens is 260 g/mol. The van der Waals surface area contributed by atoms with Crippen LogP contribution in [0.15, 0.2) is 42.5 Å². The van der Waals surface area contributed by atoms with Gasteiger partial charge in [0.25, 0.3) is 0 Å². The van der Waals surface area contributed by atoms with Crippen molar-refractivity contribution in [2.75, 3.05) is 13.7 Å². The van der Waals surface area contributed by atoms with Crippen LogP contribution >= 0.6 is 0 Å². The summed E-state index contributed by atoms with van der Waals surface area (Å²) in [4.78, 5) is 0. The first-order valence-corrected chi connectivity index (χ1v) is 6.40. The molecule has 0 bridgehead atoms. The molecule has 2 N–H and O–H groups in total. The van der Waals surface area contributed by atoms with Crippen LogP contribution in [0.1, 0.15) is 22.7 Å². The molecular formula is C16H17F2NO. The van der Waals surface area contributed by atoms with Gasteiger partial charge in [0.05, 0.1) is 12.6 Å². The van der Waals surface area contributed by atoms with Crippen molar-refractivity contribution in [3.05, 3.63) is 70.8 Å². The fourth-order valence-corrected chi connectivity index (χ4v) is 2.01. The quantitative estimate of drug-likeness (QED) is 0.911. The Morgan fingerprint density at radius 1 is 1.00 bits per heavy atom. The maximum absolute atomic E-state index is 13.2. The van der Waals surface area contributed by atoms with Crippen LogP contribution in [0.4, 0.5) is 8.78 Å². The topological polar surface area (TPSA) is 35.2 Å². The molecule has 0 aliphatic heterocycles. The van der Waals surface area contributed by atoms with Gasteiger partial charge in [-0.2, -0.15) is 0 Å². The summed E-state index contributed by atoms with van der Waals surface area (Å²) in [6.07, 6.45) is 0.831. The first-order chi connectivity index (χ1) is 9.61. The minimum atomic E-state index is -0.880. The zero-order valence-electron chi connectivity index (χ0n) is 11.3. The molecule has 1 atom stereocenters. The minimum Gasteiger partial charge on any atom is -0.384 e. The highest BCUT2D eigenvalue weighted by Gasteiger charge is 2.11. The number of rotatable bonds is 5. The zero-order chi connectivity index (χ0) is 14.5. The van der Waals surface area contributed by atoms with Gasteiger partial charge in [-0.25, -0.2) is 8.78 Å². The van der Waals surface area contributed by atoms with Gasteiger partial charge in [-0.05, 0) is 35.2 Å². The highest BCUT2D eigenvalue weighted by Crippen LogP contribution is 2.21.